The van der Waals surface area contributed by atoms with Crippen molar-refractivity contribution in [2.75, 3.05) is 4.72 Å². The van der Waals surface area contributed by atoms with Crippen LogP contribution in [0.15, 0.2) is 35.4 Å². The molecule has 1 aromatic carbocycles. The molecule has 0 aliphatic heterocycles. The van der Waals surface area contributed by atoms with Gasteiger partial charge in [-0.25, -0.2) is 8.42 Å². The van der Waals surface area contributed by atoms with Crippen molar-refractivity contribution in [1.82, 2.24) is 9.78 Å². The van der Waals surface area contributed by atoms with E-state index in [0.29, 0.717) is 10.8 Å². The third-order valence-electron chi connectivity index (χ3n) is 2.24. The third-order valence-corrected chi connectivity index (χ3v) is 4.32. The van der Waals surface area contributed by atoms with Crippen LogP contribution >= 0.6 is 23.2 Å². The second-order valence-electron chi connectivity index (χ2n) is 3.52. The van der Waals surface area contributed by atoms with Gasteiger partial charge in [0, 0.05) is 18.1 Å². The first-order chi connectivity index (χ1) is 8.40. The van der Waals surface area contributed by atoms with Gasteiger partial charge in [0.2, 0.25) is 0 Å². The van der Waals surface area contributed by atoms with Crippen LogP contribution in [-0.2, 0) is 17.1 Å². The van der Waals surface area contributed by atoms with Gasteiger partial charge in [-0.2, -0.15) is 5.10 Å². The first kappa shape index (κ1) is 13.2. The highest BCUT2D eigenvalue weighted by atomic mass is 35.5. The van der Waals surface area contributed by atoms with E-state index >= 15 is 0 Å². The number of rotatable bonds is 3. The summed E-state index contributed by atoms with van der Waals surface area (Å²) in [5.74, 6) is 0.348. The molecular formula is C10H9Cl2N3O2S. The molecule has 0 radical (unpaired) electrons. The summed E-state index contributed by atoms with van der Waals surface area (Å²) in [4.78, 5) is -0.0326. The molecule has 0 bridgehead atoms. The number of halogens is 2. The van der Waals surface area contributed by atoms with Crippen LogP contribution in [0.5, 0.6) is 0 Å². The van der Waals surface area contributed by atoms with Gasteiger partial charge in [-0.05, 0) is 18.2 Å². The fraction of sp³-hybridized carbons (Fsp3) is 0.100. The highest BCUT2D eigenvalue weighted by Gasteiger charge is 2.19. The number of nitrogens with zero attached hydrogens (tertiary/aromatic N) is 2. The van der Waals surface area contributed by atoms with E-state index < -0.39 is 10.0 Å². The van der Waals surface area contributed by atoms with Crippen LogP contribution in [0, 0.1) is 0 Å². The highest BCUT2D eigenvalue weighted by molar-refractivity contribution is 7.92. The molecule has 5 nitrogen and oxygen atoms in total. The number of hydrogen-bond acceptors (Lipinski definition) is 3. The van der Waals surface area contributed by atoms with E-state index in [0.717, 1.165) is 0 Å². The summed E-state index contributed by atoms with van der Waals surface area (Å²) in [6, 6.07) is 5.73. The summed E-state index contributed by atoms with van der Waals surface area (Å²) in [6.07, 6.45) is 1.49. The van der Waals surface area contributed by atoms with Crippen LogP contribution in [0.4, 0.5) is 5.82 Å². The standard InChI is InChI=1S/C10H9Cl2N3O2S/c1-15-10(4-5-13-15)14-18(16,17)9-3-2-7(11)6-8(9)12/h2-6,14H,1H3. The van der Waals surface area contributed by atoms with Gasteiger partial charge in [-0.3, -0.25) is 9.40 Å². The molecule has 1 heterocycles. The summed E-state index contributed by atoms with van der Waals surface area (Å²) >= 11 is 11.6. The molecule has 8 heteroatoms. The second kappa shape index (κ2) is 4.79. The number of aryl methyl sites for hydroxylation is 1. The van der Waals surface area contributed by atoms with Crippen LogP contribution in [0.1, 0.15) is 0 Å². The number of nitrogens with one attached hydrogen (secondary N) is 1. The lowest BCUT2D eigenvalue weighted by atomic mass is 10.4. The van der Waals surface area contributed by atoms with Crippen LogP contribution in [0.25, 0.3) is 0 Å². The number of benzene rings is 1. The molecule has 0 aliphatic rings. The molecule has 96 valence electrons. The zero-order chi connectivity index (χ0) is 13.3. The van der Waals surface area contributed by atoms with E-state index in [4.69, 9.17) is 23.2 Å². The molecule has 1 N–H and O–H groups in total. The minimum absolute atomic E-state index is 0.0326. The van der Waals surface area contributed by atoms with Gasteiger partial charge >= 0.3 is 0 Å². The van der Waals surface area contributed by atoms with E-state index in [1.54, 1.807) is 13.1 Å². The lowest BCUT2D eigenvalue weighted by Crippen LogP contribution is -2.15. The van der Waals surface area contributed by atoms with Gasteiger partial charge in [-0.1, -0.05) is 23.2 Å². The Kier molecular flexibility index (Phi) is 3.52. The maximum Gasteiger partial charge on any atom is 0.264 e. The lowest BCUT2D eigenvalue weighted by Gasteiger charge is -2.09. The molecule has 0 spiro atoms. The van der Waals surface area contributed by atoms with Crippen molar-refractivity contribution in [2.24, 2.45) is 7.05 Å². The first-order valence-corrected chi connectivity index (χ1v) is 7.10. The minimum Gasteiger partial charge on any atom is -0.264 e. The maximum atomic E-state index is 12.1. The molecule has 0 atom stereocenters. The van der Waals surface area contributed by atoms with Gasteiger partial charge in [0.25, 0.3) is 10.0 Å². The monoisotopic (exact) mass is 305 g/mol. The van der Waals surface area contributed by atoms with Crippen LogP contribution in [-0.4, -0.2) is 18.2 Å². The summed E-state index contributed by atoms with van der Waals surface area (Å²) in [5, 5.41) is 4.31. The number of hydrogen-bond donors (Lipinski definition) is 1. The Morgan fingerprint density at radius 1 is 1.28 bits per heavy atom. The van der Waals surface area contributed by atoms with Gasteiger partial charge < -0.3 is 0 Å². The van der Waals surface area contributed by atoms with Crippen molar-refractivity contribution in [2.45, 2.75) is 4.90 Å². The van der Waals surface area contributed by atoms with Gasteiger partial charge in [0.1, 0.15) is 10.7 Å². The van der Waals surface area contributed by atoms with Gasteiger partial charge in [-0.15, -0.1) is 0 Å². The zero-order valence-corrected chi connectivity index (χ0v) is 11.6. The molecule has 2 aromatic rings. The van der Waals surface area contributed by atoms with E-state index in [2.05, 4.69) is 9.82 Å². The van der Waals surface area contributed by atoms with Crippen molar-refractivity contribution in [1.29, 1.82) is 0 Å². The van der Waals surface area contributed by atoms with E-state index in [1.807, 2.05) is 0 Å². The van der Waals surface area contributed by atoms with Crippen LogP contribution in [0.2, 0.25) is 10.0 Å². The largest absolute Gasteiger partial charge is 0.264 e. The zero-order valence-electron chi connectivity index (χ0n) is 9.26. The van der Waals surface area contributed by atoms with Crippen LogP contribution in [0.3, 0.4) is 0 Å². The van der Waals surface area contributed by atoms with Crippen molar-refractivity contribution in [3.05, 3.63) is 40.5 Å². The Bertz CT molecular complexity index is 682. The normalized spacial score (nSPS) is 11.5. The van der Waals surface area contributed by atoms with Crippen molar-refractivity contribution >= 4 is 39.0 Å². The molecule has 2 rings (SSSR count). The molecule has 0 unspecified atom stereocenters. The van der Waals surface area contributed by atoms with Crippen molar-refractivity contribution < 1.29 is 8.42 Å². The molecule has 0 amide bonds. The predicted octanol–water partition coefficient (Wildman–Crippen LogP) is 2.53. The lowest BCUT2D eigenvalue weighted by molar-refractivity contribution is 0.600. The third kappa shape index (κ3) is 2.60. The Balaban J connectivity index is 2.40. The van der Waals surface area contributed by atoms with E-state index in [1.165, 1.54) is 29.1 Å². The van der Waals surface area contributed by atoms with E-state index in [-0.39, 0.29) is 9.92 Å². The number of anilines is 1. The average molecular weight is 306 g/mol. The topological polar surface area (TPSA) is 64.0 Å². The molecule has 0 fully saturated rings. The van der Waals surface area contributed by atoms with Crippen LogP contribution < -0.4 is 4.72 Å². The Labute approximate surface area is 114 Å². The fourth-order valence-electron chi connectivity index (χ4n) is 1.36. The Hall–Kier alpha value is -1.24. The molecule has 0 aliphatic carbocycles. The molecule has 0 saturated carbocycles. The summed E-state index contributed by atoms with van der Waals surface area (Å²) in [6.45, 7) is 0. The summed E-state index contributed by atoms with van der Waals surface area (Å²) in [5.41, 5.74) is 0. The Morgan fingerprint density at radius 2 is 2.00 bits per heavy atom. The predicted molar refractivity (Wildman–Crippen MR) is 70.5 cm³/mol. The first-order valence-electron chi connectivity index (χ1n) is 4.86. The second-order valence-corrected chi connectivity index (χ2v) is 6.01. The quantitative estimate of drug-likeness (QED) is 0.947. The molecule has 1 aromatic heterocycles. The maximum absolute atomic E-state index is 12.1. The smallest absolute Gasteiger partial charge is 0.264 e. The number of sulfonamides is 1. The minimum atomic E-state index is -3.75. The average Bonchev–Trinajstić information content (AvgIpc) is 2.63. The van der Waals surface area contributed by atoms with Crippen molar-refractivity contribution in [3.8, 4) is 0 Å². The highest BCUT2D eigenvalue weighted by Crippen LogP contribution is 2.26. The molecule has 18 heavy (non-hydrogen) atoms. The number of aromatic nitrogens is 2. The van der Waals surface area contributed by atoms with E-state index in [9.17, 15) is 8.42 Å². The SMILES string of the molecule is Cn1nccc1NS(=O)(=O)c1ccc(Cl)cc1Cl. The summed E-state index contributed by atoms with van der Waals surface area (Å²) < 4.78 is 28.0. The Morgan fingerprint density at radius 3 is 2.56 bits per heavy atom. The molecular weight excluding hydrogens is 297 g/mol. The van der Waals surface area contributed by atoms with Crippen molar-refractivity contribution in [3.63, 3.8) is 0 Å². The fourth-order valence-corrected chi connectivity index (χ4v) is 3.22. The van der Waals surface area contributed by atoms with Gasteiger partial charge in [0.05, 0.1) is 11.2 Å². The van der Waals surface area contributed by atoms with Gasteiger partial charge in [0.15, 0.2) is 0 Å². The summed E-state index contributed by atoms with van der Waals surface area (Å²) in [7, 11) is -2.13. The molecule has 0 saturated heterocycles.